The van der Waals surface area contributed by atoms with Crippen molar-refractivity contribution in [2.24, 2.45) is 29.1 Å². The van der Waals surface area contributed by atoms with Gasteiger partial charge in [-0.25, -0.2) is 0 Å². The molecule has 0 spiro atoms. The summed E-state index contributed by atoms with van der Waals surface area (Å²) < 4.78 is 0. The van der Waals surface area contributed by atoms with Crippen LogP contribution in [0, 0.1) is 36.0 Å². The molecule has 0 unspecified atom stereocenters. The van der Waals surface area contributed by atoms with Gasteiger partial charge in [-0.15, -0.1) is 0 Å². The van der Waals surface area contributed by atoms with Crippen LogP contribution in [0.25, 0.3) is 0 Å². The summed E-state index contributed by atoms with van der Waals surface area (Å²) in [6.45, 7) is 9.36. The first-order valence-corrected chi connectivity index (χ1v) is 12.7. The van der Waals surface area contributed by atoms with Gasteiger partial charge in [-0.3, -0.25) is 9.59 Å². The van der Waals surface area contributed by atoms with Crippen molar-refractivity contribution in [2.75, 3.05) is 31.1 Å². The van der Waals surface area contributed by atoms with E-state index < -0.39 is 6.04 Å². The van der Waals surface area contributed by atoms with Crippen molar-refractivity contribution in [3.05, 3.63) is 29.8 Å². The van der Waals surface area contributed by atoms with Gasteiger partial charge in [-0.2, -0.15) is 0 Å². The number of nitrogens with one attached hydrogen (secondary N) is 1. The molecule has 1 aliphatic heterocycles. The molecule has 1 aromatic rings. The molecule has 1 saturated heterocycles. The molecule has 1 N–H and O–H groups in total. The Hall–Kier alpha value is -2.04. The third-order valence-corrected chi connectivity index (χ3v) is 8.79. The van der Waals surface area contributed by atoms with Gasteiger partial charge in [0.05, 0.1) is 0 Å². The fourth-order valence-corrected chi connectivity index (χ4v) is 7.48. The van der Waals surface area contributed by atoms with E-state index >= 15 is 0 Å². The number of hydrogen-bond donors (Lipinski definition) is 1. The molecule has 5 nitrogen and oxygen atoms in total. The molecule has 4 bridgehead atoms. The molecule has 32 heavy (non-hydrogen) atoms. The second kappa shape index (κ2) is 8.39. The Morgan fingerprint density at radius 1 is 0.938 bits per heavy atom. The Kier molecular flexibility index (Phi) is 5.71. The summed E-state index contributed by atoms with van der Waals surface area (Å²) in [5.74, 6) is 2.55. The van der Waals surface area contributed by atoms with E-state index in [0.717, 1.165) is 50.1 Å². The molecule has 174 valence electrons. The van der Waals surface area contributed by atoms with Crippen molar-refractivity contribution in [1.82, 2.24) is 10.2 Å². The van der Waals surface area contributed by atoms with Gasteiger partial charge in [0, 0.05) is 37.3 Å². The average Bonchev–Trinajstić information content (AvgIpc) is 2.76. The van der Waals surface area contributed by atoms with Crippen molar-refractivity contribution < 1.29 is 9.59 Å². The number of aryl methyl sites for hydroxylation is 1. The molecule has 6 rings (SSSR count). The first-order valence-electron chi connectivity index (χ1n) is 12.7. The zero-order chi connectivity index (χ0) is 22.5. The number of anilines is 1. The Morgan fingerprint density at radius 2 is 1.50 bits per heavy atom. The molecule has 1 atom stereocenters. The summed E-state index contributed by atoms with van der Waals surface area (Å²) in [6, 6.07) is 8.03. The van der Waals surface area contributed by atoms with Gasteiger partial charge < -0.3 is 15.1 Å². The van der Waals surface area contributed by atoms with Crippen LogP contribution in [0.5, 0.6) is 0 Å². The molecule has 5 aliphatic rings. The normalized spacial score (nSPS) is 32.3. The van der Waals surface area contributed by atoms with E-state index in [1.165, 1.54) is 30.5 Å². The minimum Gasteiger partial charge on any atom is -0.368 e. The second-order valence-electron chi connectivity index (χ2n) is 11.5. The zero-order valence-corrected chi connectivity index (χ0v) is 20.0. The molecule has 5 fully saturated rings. The standard InChI is InChI=1S/C27H39N3O2/c1-18(2)24(28-26(32)27-15-20-12-21(16-27)14-22(13-20)17-27)25(31)30-10-8-29(9-11-30)23-7-5-4-6-19(23)3/h4-7,18,20-22,24H,8-17H2,1-3H3,(H,28,32)/t20?,21?,22?,24-,27?/m1/s1. The third kappa shape index (κ3) is 3.92. The van der Waals surface area contributed by atoms with Gasteiger partial charge in [0.2, 0.25) is 11.8 Å². The Morgan fingerprint density at radius 3 is 2.03 bits per heavy atom. The summed E-state index contributed by atoms with van der Waals surface area (Å²) >= 11 is 0. The number of hydrogen-bond acceptors (Lipinski definition) is 3. The van der Waals surface area contributed by atoms with Crippen molar-refractivity contribution in [3.8, 4) is 0 Å². The van der Waals surface area contributed by atoms with Crippen molar-refractivity contribution in [2.45, 2.75) is 65.3 Å². The fraction of sp³-hybridized carbons (Fsp3) is 0.704. The van der Waals surface area contributed by atoms with E-state index in [9.17, 15) is 9.59 Å². The lowest BCUT2D eigenvalue weighted by molar-refractivity contribution is -0.150. The van der Waals surface area contributed by atoms with Gasteiger partial charge in [0.15, 0.2) is 0 Å². The zero-order valence-electron chi connectivity index (χ0n) is 20.0. The minimum atomic E-state index is -0.416. The molecule has 5 heteroatoms. The summed E-state index contributed by atoms with van der Waals surface area (Å²) in [4.78, 5) is 31.4. The van der Waals surface area contributed by atoms with Gasteiger partial charge in [0.1, 0.15) is 6.04 Å². The Balaban J connectivity index is 1.23. The summed E-state index contributed by atoms with van der Waals surface area (Å²) in [6.07, 6.45) is 7.09. The number of rotatable bonds is 5. The van der Waals surface area contributed by atoms with Crippen LogP contribution in [0.2, 0.25) is 0 Å². The number of carbonyl (C=O) groups excluding carboxylic acids is 2. The van der Waals surface area contributed by atoms with E-state index in [4.69, 9.17) is 0 Å². The fourth-order valence-electron chi connectivity index (χ4n) is 7.48. The third-order valence-electron chi connectivity index (χ3n) is 8.79. The summed E-state index contributed by atoms with van der Waals surface area (Å²) in [5.41, 5.74) is 2.33. The van der Waals surface area contributed by atoms with Crippen molar-refractivity contribution >= 4 is 17.5 Å². The molecule has 0 radical (unpaired) electrons. The summed E-state index contributed by atoms with van der Waals surface area (Å²) in [7, 11) is 0. The largest absolute Gasteiger partial charge is 0.368 e. The van der Waals surface area contributed by atoms with E-state index in [1.807, 2.05) is 4.90 Å². The topological polar surface area (TPSA) is 52.6 Å². The van der Waals surface area contributed by atoms with Crippen LogP contribution in [-0.4, -0.2) is 48.9 Å². The molecule has 0 aromatic heterocycles. The van der Waals surface area contributed by atoms with Crippen molar-refractivity contribution in [1.29, 1.82) is 0 Å². The lowest BCUT2D eigenvalue weighted by Gasteiger charge is -2.56. The monoisotopic (exact) mass is 437 g/mol. The molecular weight excluding hydrogens is 398 g/mol. The first kappa shape index (κ1) is 21.8. The SMILES string of the molecule is Cc1ccccc1N1CCN(C(=O)[C@H](NC(=O)C23CC4CC(CC(C4)C2)C3)C(C)C)CC1. The quantitative estimate of drug-likeness (QED) is 0.758. The highest BCUT2D eigenvalue weighted by molar-refractivity contribution is 5.90. The van der Waals surface area contributed by atoms with Gasteiger partial charge in [-0.1, -0.05) is 32.0 Å². The van der Waals surface area contributed by atoms with E-state index in [0.29, 0.717) is 13.1 Å². The van der Waals surface area contributed by atoms with Crippen LogP contribution < -0.4 is 10.2 Å². The number of piperazine rings is 1. The van der Waals surface area contributed by atoms with Gasteiger partial charge >= 0.3 is 0 Å². The van der Waals surface area contributed by atoms with Crippen LogP contribution in [0.4, 0.5) is 5.69 Å². The molecule has 4 saturated carbocycles. The van der Waals surface area contributed by atoms with Crippen LogP contribution >= 0.6 is 0 Å². The lowest BCUT2D eigenvalue weighted by Crippen LogP contribution is -2.60. The Bertz CT molecular complexity index is 836. The maximum atomic E-state index is 13.6. The predicted molar refractivity (Wildman–Crippen MR) is 127 cm³/mol. The van der Waals surface area contributed by atoms with E-state index in [-0.39, 0.29) is 23.1 Å². The highest BCUT2D eigenvalue weighted by atomic mass is 16.2. The molecule has 2 amide bonds. The van der Waals surface area contributed by atoms with Crippen LogP contribution in [0.1, 0.15) is 57.9 Å². The molecule has 4 aliphatic carbocycles. The van der Waals surface area contributed by atoms with Crippen LogP contribution in [-0.2, 0) is 9.59 Å². The van der Waals surface area contributed by atoms with Crippen LogP contribution in [0.3, 0.4) is 0 Å². The van der Waals surface area contributed by atoms with E-state index in [1.54, 1.807) is 0 Å². The number of carbonyl (C=O) groups is 2. The molecule has 1 aromatic carbocycles. The highest BCUT2D eigenvalue weighted by Crippen LogP contribution is 2.60. The van der Waals surface area contributed by atoms with Crippen molar-refractivity contribution in [3.63, 3.8) is 0 Å². The maximum Gasteiger partial charge on any atom is 0.245 e. The molecule has 1 heterocycles. The average molecular weight is 438 g/mol. The number of para-hydroxylation sites is 1. The van der Waals surface area contributed by atoms with Gasteiger partial charge in [-0.05, 0) is 80.8 Å². The second-order valence-corrected chi connectivity index (χ2v) is 11.5. The number of amides is 2. The number of benzene rings is 1. The number of nitrogens with zero attached hydrogens (tertiary/aromatic N) is 2. The predicted octanol–water partition coefficient (Wildman–Crippen LogP) is 4.00. The van der Waals surface area contributed by atoms with Crippen LogP contribution in [0.15, 0.2) is 24.3 Å². The Labute approximate surface area is 192 Å². The van der Waals surface area contributed by atoms with Gasteiger partial charge in [0.25, 0.3) is 0 Å². The summed E-state index contributed by atoms with van der Waals surface area (Å²) in [5, 5.41) is 3.28. The molecular formula is C27H39N3O2. The lowest BCUT2D eigenvalue weighted by atomic mass is 9.49. The van der Waals surface area contributed by atoms with E-state index in [2.05, 4.69) is 55.3 Å². The smallest absolute Gasteiger partial charge is 0.245 e. The first-order chi connectivity index (χ1) is 15.3. The highest BCUT2D eigenvalue weighted by Gasteiger charge is 2.55. The minimum absolute atomic E-state index is 0.0924. The maximum absolute atomic E-state index is 13.6.